The minimum absolute atomic E-state index is 0.107. The number of nitrogens with one attached hydrogen (secondary N) is 1. The van der Waals surface area contributed by atoms with E-state index < -0.39 is 0 Å². The number of aliphatic hydroxyl groups excluding tert-OH is 1. The monoisotopic (exact) mass is 228 g/mol. The predicted molar refractivity (Wildman–Crippen MR) is 68.6 cm³/mol. The zero-order valence-electron chi connectivity index (χ0n) is 11.1. The summed E-state index contributed by atoms with van der Waals surface area (Å²) >= 11 is 0. The summed E-state index contributed by atoms with van der Waals surface area (Å²) in [6.07, 6.45) is 2.97. The quantitative estimate of drug-likeness (QED) is 0.722. The third-order valence-corrected chi connectivity index (χ3v) is 3.63. The van der Waals surface area contributed by atoms with E-state index in [1.165, 1.54) is 13.0 Å². The number of aliphatic hydroxyl groups is 1. The van der Waals surface area contributed by atoms with E-state index in [-0.39, 0.29) is 6.10 Å². The largest absolute Gasteiger partial charge is 0.393 e. The first kappa shape index (κ1) is 13.9. The molecule has 1 fully saturated rings. The van der Waals surface area contributed by atoms with Crippen LogP contribution in [0.3, 0.4) is 0 Å². The molecule has 1 aliphatic rings. The van der Waals surface area contributed by atoms with E-state index in [9.17, 15) is 5.11 Å². The normalized spacial score (nSPS) is 29.2. The van der Waals surface area contributed by atoms with Crippen LogP contribution in [0.5, 0.6) is 0 Å². The van der Waals surface area contributed by atoms with Gasteiger partial charge in [-0.3, -0.25) is 0 Å². The van der Waals surface area contributed by atoms with Gasteiger partial charge in [0.05, 0.1) is 6.10 Å². The number of likely N-dealkylation sites (N-methyl/N-ethyl adjacent to an activating group) is 2. The maximum atomic E-state index is 9.75. The zero-order valence-corrected chi connectivity index (χ0v) is 11.1. The first-order valence-corrected chi connectivity index (χ1v) is 6.83. The highest BCUT2D eigenvalue weighted by Gasteiger charge is 2.26. The summed E-state index contributed by atoms with van der Waals surface area (Å²) in [5.74, 6) is 0.660. The standard InChI is InChI=1S/C13H28N2O/c1-4-13(16)8-11-7-12(14-5-2)10-15(6-3)9-11/h11-14,16H,4-10H2,1-3H3. The fourth-order valence-electron chi connectivity index (χ4n) is 2.72. The zero-order chi connectivity index (χ0) is 12.0. The topological polar surface area (TPSA) is 35.5 Å². The van der Waals surface area contributed by atoms with Gasteiger partial charge in [0.2, 0.25) is 0 Å². The molecule has 1 rings (SSSR count). The minimum Gasteiger partial charge on any atom is -0.393 e. The van der Waals surface area contributed by atoms with Crippen LogP contribution in [0, 0.1) is 5.92 Å². The van der Waals surface area contributed by atoms with Crippen molar-refractivity contribution in [3.63, 3.8) is 0 Å². The van der Waals surface area contributed by atoms with Crippen LogP contribution in [-0.4, -0.2) is 48.3 Å². The molecule has 0 aromatic rings. The van der Waals surface area contributed by atoms with Crippen LogP contribution in [-0.2, 0) is 0 Å². The fourth-order valence-corrected chi connectivity index (χ4v) is 2.72. The number of rotatable bonds is 6. The summed E-state index contributed by atoms with van der Waals surface area (Å²) in [5, 5.41) is 13.3. The molecule has 0 saturated carbocycles. The molecule has 2 N–H and O–H groups in total. The minimum atomic E-state index is -0.107. The lowest BCUT2D eigenvalue weighted by atomic mass is 9.89. The van der Waals surface area contributed by atoms with Gasteiger partial charge < -0.3 is 15.3 Å². The van der Waals surface area contributed by atoms with Crippen molar-refractivity contribution in [1.82, 2.24) is 10.2 Å². The van der Waals surface area contributed by atoms with Crippen LogP contribution in [0.1, 0.15) is 40.0 Å². The maximum Gasteiger partial charge on any atom is 0.0540 e. The van der Waals surface area contributed by atoms with Gasteiger partial charge in [0.1, 0.15) is 0 Å². The molecular weight excluding hydrogens is 200 g/mol. The van der Waals surface area contributed by atoms with E-state index in [4.69, 9.17) is 0 Å². The SMILES string of the molecule is CCNC1CC(CC(O)CC)CN(CC)C1. The first-order valence-electron chi connectivity index (χ1n) is 6.83. The van der Waals surface area contributed by atoms with E-state index in [1.807, 2.05) is 0 Å². The predicted octanol–water partition coefficient (Wildman–Crippen LogP) is 1.47. The Kier molecular flexibility index (Phi) is 6.32. The van der Waals surface area contributed by atoms with E-state index >= 15 is 0 Å². The van der Waals surface area contributed by atoms with Crippen LogP contribution < -0.4 is 5.32 Å². The van der Waals surface area contributed by atoms with E-state index in [0.717, 1.165) is 32.5 Å². The smallest absolute Gasteiger partial charge is 0.0540 e. The molecule has 0 bridgehead atoms. The summed E-state index contributed by atoms with van der Waals surface area (Å²) in [4.78, 5) is 2.50. The summed E-state index contributed by atoms with van der Waals surface area (Å²) in [6, 6.07) is 0.618. The Morgan fingerprint density at radius 2 is 2.06 bits per heavy atom. The van der Waals surface area contributed by atoms with Gasteiger partial charge in [-0.25, -0.2) is 0 Å². The lowest BCUT2D eigenvalue weighted by Crippen LogP contribution is -2.49. The number of likely N-dealkylation sites (tertiary alicyclic amines) is 1. The Labute approximate surface area is 100 Å². The molecule has 0 aliphatic carbocycles. The lowest BCUT2D eigenvalue weighted by Gasteiger charge is -2.38. The van der Waals surface area contributed by atoms with Crippen molar-refractivity contribution in [2.24, 2.45) is 5.92 Å². The third kappa shape index (κ3) is 4.40. The molecule has 0 aromatic heterocycles. The molecular formula is C13H28N2O. The summed E-state index contributed by atoms with van der Waals surface area (Å²) in [5.41, 5.74) is 0. The van der Waals surface area contributed by atoms with E-state index in [1.54, 1.807) is 0 Å². The Hall–Kier alpha value is -0.120. The molecule has 0 radical (unpaired) electrons. The molecule has 96 valence electrons. The Balaban J connectivity index is 2.43. The Morgan fingerprint density at radius 1 is 1.31 bits per heavy atom. The molecule has 1 saturated heterocycles. The molecule has 3 unspecified atom stereocenters. The van der Waals surface area contributed by atoms with Gasteiger partial charge in [0.15, 0.2) is 0 Å². The van der Waals surface area contributed by atoms with Gasteiger partial charge in [-0.15, -0.1) is 0 Å². The molecule has 0 spiro atoms. The summed E-state index contributed by atoms with van der Waals surface area (Å²) < 4.78 is 0. The Bertz CT molecular complexity index is 185. The molecule has 1 aliphatic heterocycles. The van der Waals surface area contributed by atoms with E-state index in [0.29, 0.717) is 12.0 Å². The van der Waals surface area contributed by atoms with Crippen molar-refractivity contribution in [2.75, 3.05) is 26.2 Å². The van der Waals surface area contributed by atoms with Gasteiger partial charge in [-0.1, -0.05) is 20.8 Å². The molecule has 16 heavy (non-hydrogen) atoms. The highest BCUT2D eigenvalue weighted by molar-refractivity contribution is 4.83. The van der Waals surface area contributed by atoms with Crippen molar-refractivity contribution in [3.05, 3.63) is 0 Å². The summed E-state index contributed by atoms with van der Waals surface area (Å²) in [6.45, 7) is 11.0. The second-order valence-corrected chi connectivity index (χ2v) is 5.01. The van der Waals surface area contributed by atoms with Crippen LogP contribution in [0.15, 0.2) is 0 Å². The molecule has 0 amide bonds. The number of hydrogen-bond acceptors (Lipinski definition) is 3. The van der Waals surface area contributed by atoms with Gasteiger partial charge in [-0.05, 0) is 38.3 Å². The molecule has 3 atom stereocenters. The Morgan fingerprint density at radius 3 is 2.62 bits per heavy atom. The number of piperidine rings is 1. The van der Waals surface area contributed by atoms with Crippen molar-refractivity contribution in [2.45, 2.75) is 52.2 Å². The highest BCUT2D eigenvalue weighted by Crippen LogP contribution is 2.22. The average Bonchev–Trinajstić information content (AvgIpc) is 2.29. The van der Waals surface area contributed by atoms with Crippen molar-refractivity contribution >= 4 is 0 Å². The van der Waals surface area contributed by atoms with Gasteiger partial charge in [0, 0.05) is 19.1 Å². The number of nitrogens with zero attached hydrogens (tertiary/aromatic N) is 1. The van der Waals surface area contributed by atoms with Crippen molar-refractivity contribution in [3.8, 4) is 0 Å². The second-order valence-electron chi connectivity index (χ2n) is 5.01. The van der Waals surface area contributed by atoms with Crippen LogP contribution in [0.4, 0.5) is 0 Å². The third-order valence-electron chi connectivity index (χ3n) is 3.63. The summed E-state index contributed by atoms with van der Waals surface area (Å²) in [7, 11) is 0. The highest BCUT2D eigenvalue weighted by atomic mass is 16.3. The fraction of sp³-hybridized carbons (Fsp3) is 1.00. The van der Waals surface area contributed by atoms with Crippen molar-refractivity contribution in [1.29, 1.82) is 0 Å². The van der Waals surface area contributed by atoms with Crippen molar-refractivity contribution < 1.29 is 5.11 Å². The van der Waals surface area contributed by atoms with Crippen LogP contribution >= 0.6 is 0 Å². The second kappa shape index (κ2) is 7.25. The maximum absolute atomic E-state index is 9.75. The average molecular weight is 228 g/mol. The molecule has 3 heteroatoms. The van der Waals surface area contributed by atoms with Gasteiger partial charge in [0.25, 0.3) is 0 Å². The number of hydrogen-bond donors (Lipinski definition) is 2. The van der Waals surface area contributed by atoms with E-state index in [2.05, 4.69) is 31.0 Å². The van der Waals surface area contributed by atoms with Crippen LogP contribution in [0.25, 0.3) is 0 Å². The molecule has 3 nitrogen and oxygen atoms in total. The van der Waals surface area contributed by atoms with Gasteiger partial charge in [-0.2, -0.15) is 0 Å². The first-order chi connectivity index (χ1) is 7.69. The molecule has 0 aromatic carbocycles. The van der Waals surface area contributed by atoms with Crippen LogP contribution in [0.2, 0.25) is 0 Å². The molecule has 1 heterocycles. The lowest BCUT2D eigenvalue weighted by molar-refractivity contribution is 0.0867. The van der Waals surface area contributed by atoms with Gasteiger partial charge >= 0.3 is 0 Å².